The molecule has 4 nitrogen and oxygen atoms in total. The third-order valence-electron chi connectivity index (χ3n) is 2.55. The minimum absolute atomic E-state index is 0.389. The molecule has 0 aliphatic heterocycles. The van der Waals surface area contributed by atoms with Crippen molar-refractivity contribution in [2.24, 2.45) is 10.2 Å². The second-order valence-corrected chi connectivity index (χ2v) is 3.98. The molecule has 0 bridgehead atoms. The average Bonchev–Trinajstić information content (AvgIpc) is 2.40. The van der Waals surface area contributed by atoms with Crippen LogP contribution in [0.25, 0.3) is 0 Å². The Morgan fingerprint density at radius 3 is 2.67 bits per heavy atom. The Hall–Kier alpha value is -1.78. The molecule has 0 radical (unpaired) electrons. The molecular weight excluding hydrogens is 228 g/mol. The number of hydrogen-bond acceptors (Lipinski definition) is 4. The van der Waals surface area contributed by atoms with Crippen molar-refractivity contribution in [3.05, 3.63) is 54.3 Å². The zero-order chi connectivity index (χ0) is 12.8. The van der Waals surface area contributed by atoms with Crippen LogP contribution in [0.15, 0.2) is 64.5 Å². The highest BCUT2D eigenvalue weighted by Gasteiger charge is 2.24. The summed E-state index contributed by atoms with van der Waals surface area (Å²) < 4.78 is 5.23. The number of allylic oxidation sites excluding steroid dienone is 1. The summed E-state index contributed by atoms with van der Waals surface area (Å²) >= 11 is 0. The van der Waals surface area contributed by atoms with Crippen molar-refractivity contribution in [1.82, 2.24) is 0 Å². The van der Waals surface area contributed by atoms with Gasteiger partial charge in [-0.2, -0.15) is 10.2 Å². The second kappa shape index (κ2) is 5.71. The normalized spacial score (nSPS) is 23.3. The first-order valence-corrected chi connectivity index (χ1v) is 5.94. The number of azo groups is 1. The maximum Gasteiger partial charge on any atom is 0.189 e. The molecule has 1 aromatic carbocycles. The van der Waals surface area contributed by atoms with Crippen molar-refractivity contribution < 1.29 is 9.84 Å². The highest BCUT2D eigenvalue weighted by molar-refractivity contribution is 5.35. The van der Waals surface area contributed by atoms with Gasteiger partial charge in [0, 0.05) is 13.0 Å². The lowest BCUT2D eigenvalue weighted by Crippen LogP contribution is -2.30. The van der Waals surface area contributed by atoms with E-state index in [-0.39, 0.29) is 0 Å². The van der Waals surface area contributed by atoms with E-state index in [2.05, 4.69) is 10.2 Å². The van der Waals surface area contributed by atoms with Gasteiger partial charge >= 0.3 is 0 Å². The van der Waals surface area contributed by atoms with E-state index in [1.54, 1.807) is 12.2 Å². The van der Waals surface area contributed by atoms with Crippen LogP contribution in [0.5, 0.6) is 0 Å². The minimum atomic E-state index is -1.19. The zero-order valence-corrected chi connectivity index (χ0v) is 10.3. The van der Waals surface area contributed by atoms with Gasteiger partial charge in [-0.15, -0.1) is 0 Å². The number of hydrogen-bond donors (Lipinski definition) is 1. The molecule has 0 fully saturated rings. The first-order chi connectivity index (χ1) is 8.72. The molecule has 18 heavy (non-hydrogen) atoms. The van der Waals surface area contributed by atoms with Gasteiger partial charge in [0.2, 0.25) is 0 Å². The van der Waals surface area contributed by atoms with Crippen LogP contribution >= 0.6 is 0 Å². The highest BCUT2D eigenvalue weighted by atomic mass is 16.6. The van der Waals surface area contributed by atoms with Crippen LogP contribution in [-0.4, -0.2) is 17.5 Å². The zero-order valence-electron chi connectivity index (χ0n) is 10.3. The van der Waals surface area contributed by atoms with Crippen LogP contribution in [-0.2, 0) is 4.74 Å². The molecule has 1 aliphatic rings. The van der Waals surface area contributed by atoms with Gasteiger partial charge in [-0.25, -0.2) is 0 Å². The number of aliphatic hydroxyl groups is 1. The third kappa shape index (κ3) is 3.35. The molecule has 94 valence electrons. The maximum absolute atomic E-state index is 9.95. The van der Waals surface area contributed by atoms with Gasteiger partial charge in [0.1, 0.15) is 0 Å². The topological polar surface area (TPSA) is 54.2 Å². The predicted molar refractivity (Wildman–Crippen MR) is 69.4 cm³/mol. The lowest BCUT2D eigenvalue weighted by Gasteiger charge is -2.25. The summed E-state index contributed by atoms with van der Waals surface area (Å²) in [4.78, 5) is 0. The van der Waals surface area contributed by atoms with Crippen molar-refractivity contribution in [2.75, 3.05) is 6.61 Å². The Morgan fingerprint density at radius 2 is 2.06 bits per heavy atom. The standard InChI is InChI=1S/C14H16N2O2/c1-2-18-14(17)10-8-13(9-11-14)16-15-12-6-4-3-5-7-12/h3-10,17H,2,11H2,1H3. The summed E-state index contributed by atoms with van der Waals surface area (Å²) in [7, 11) is 0. The van der Waals surface area contributed by atoms with Crippen LogP contribution in [0, 0.1) is 0 Å². The van der Waals surface area contributed by atoms with Crippen molar-refractivity contribution >= 4 is 5.69 Å². The summed E-state index contributed by atoms with van der Waals surface area (Å²) in [6.07, 6.45) is 5.52. The third-order valence-corrected chi connectivity index (χ3v) is 2.55. The van der Waals surface area contributed by atoms with E-state index in [0.717, 1.165) is 11.4 Å². The Morgan fingerprint density at radius 1 is 1.28 bits per heavy atom. The fourth-order valence-electron chi connectivity index (χ4n) is 1.64. The smallest absolute Gasteiger partial charge is 0.189 e. The van der Waals surface area contributed by atoms with Gasteiger partial charge in [-0.05, 0) is 31.2 Å². The van der Waals surface area contributed by atoms with Crippen LogP contribution in [0.2, 0.25) is 0 Å². The summed E-state index contributed by atoms with van der Waals surface area (Å²) in [5, 5.41) is 18.2. The van der Waals surface area contributed by atoms with E-state index < -0.39 is 5.79 Å². The van der Waals surface area contributed by atoms with Crippen LogP contribution in [0.3, 0.4) is 0 Å². The fraction of sp³-hybridized carbons (Fsp3) is 0.286. The van der Waals surface area contributed by atoms with Crippen molar-refractivity contribution in [2.45, 2.75) is 19.1 Å². The van der Waals surface area contributed by atoms with Crippen LogP contribution in [0.1, 0.15) is 13.3 Å². The average molecular weight is 244 g/mol. The fourth-order valence-corrected chi connectivity index (χ4v) is 1.64. The molecule has 0 amide bonds. The number of nitrogens with zero attached hydrogens (tertiary/aromatic N) is 2. The molecular formula is C14H16N2O2. The van der Waals surface area contributed by atoms with Gasteiger partial charge in [0.05, 0.1) is 11.4 Å². The molecule has 1 atom stereocenters. The van der Waals surface area contributed by atoms with E-state index in [1.807, 2.05) is 43.3 Å². The monoisotopic (exact) mass is 244 g/mol. The number of benzene rings is 1. The molecule has 0 saturated carbocycles. The number of rotatable bonds is 4. The SMILES string of the molecule is CCOC1(O)C=CC(N=Nc2ccccc2)=CC1. The quantitative estimate of drug-likeness (QED) is 0.652. The molecule has 1 aromatic rings. The van der Waals surface area contributed by atoms with Crippen molar-refractivity contribution in [3.63, 3.8) is 0 Å². The largest absolute Gasteiger partial charge is 0.362 e. The summed E-state index contributed by atoms with van der Waals surface area (Å²) in [5.41, 5.74) is 1.53. The van der Waals surface area contributed by atoms with E-state index >= 15 is 0 Å². The molecule has 1 aliphatic carbocycles. The predicted octanol–water partition coefficient (Wildman–Crippen LogP) is 3.34. The first-order valence-electron chi connectivity index (χ1n) is 5.94. The minimum Gasteiger partial charge on any atom is -0.362 e. The van der Waals surface area contributed by atoms with Gasteiger partial charge in [0.15, 0.2) is 5.79 Å². The molecule has 1 unspecified atom stereocenters. The Kier molecular flexibility index (Phi) is 4.02. The molecule has 2 rings (SSSR count). The first kappa shape index (κ1) is 12.7. The molecule has 0 saturated heterocycles. The second-order valence-electron chi connectivity index (χ2n) is 3.98. The molecule has 4 heteroatoms. The molecule has 0 heterocycles. The summed E-state index contributed by atoms with van der Waals surface area (Å²) in [6.45, 7) is 2.32. The Bertz CT molecular complexity index is 480. The van der Waals surface area contributed by atoms with E-state index in [0.29, 0.717) is 13.0 Å². The molecule has 1 N–H and O–H groups in total. The van der Waals surface area contributed by atoms with Crippen molar-refractivity contribution in [1.29, 1.82) is 0 Å². The van der Waals surface area contributed by atoms with E-state index in [9.17, 15) is 5.11 Å². The highest BCUT2D eigenvalue weighted by Crippen LogP contribution is 2.23. The van der Waals surface area contributed by atoms with E-state index in [1.165, 1.54) is 0 Å². The van der Waals surface area contributed by atoms with Gasteiger partial charge in [0.25, 0.3) is 0 Å². The lowest BCUT2D eigenvalue weighted by atomic mass is 10.1. The van der Waals surface area contributed by atoms with E-state index in [4.69, 9.17) is 4.74 Å². The Balaban J connectivity index is 2.00. The summed E-state index contributed by atoms with van der Waals surface area (Å²) in [5.74, 6) is -1.19. The summed E-state index contributed by atoms with van der Waals surface area (Å²) in [6, 6.07) is 9.52. The van der Waals surface area contributed by atoms with Crippen molar-refractivity contribution in [3.8, 4) is 0 Å². The van der Waals surface area contributed by atoms with Gasteiger partial charge < -0.3 is 9.84 Å². The van der Waals surface area contributed by atoms with Gasteiger partial charge in [-0.3, -0.25) is 0 Å². The number of ether oxygens (including phenoxy) is 1. The van der Waals surface area contributed by atoms with Crippen LogP contribution < -0.4 is 0 Å². The van der Waals surface area contributed by atoms with Crippen LogP contribution in [0.4, 0.5) is 5.69 Å². The molecule has 0 spiro atoms. The Labute approximate surface area is 106 Å². The molecule has 0 aromatic heterocycles. The van der Waals surface area contributed by atoms with Gasteiger partial charge in [-0.1, -0.05) is 24.3 Å². The lowest BCUT2D eigenvalue weighted by molar-refractivity contribution is -0.161. The maximum atomic E-state index is 9.95.